The molecule has 0 aliphatic rings. The molecule has 0 unspecified atom stereocenters. The summed E-state index contributed by atoms with van der Waals surface area (Å²) >= 11 is 0. The minimum absolute atomic E-state index is 1.15. The van der Waals surface area contributed by atoms with Crippen molar-refractivity contribution in [3.05, 3.63) is 125 Å². The molecule has 0 amide bonds. The normalized spacial score (nSPS) is 11.4. The minimum Gasteiger partial charge on any atom is -0.311 e. The molecule has 0 atom stereocenters. The molecule has 1 heteroatoms. The molecule has 0 heterocycles. The highest BCUT2D eigenvalue weighted by Crippen LogP contribution is 2.35. The molecular formula is C30H29N. The summed E-state index contributed by atoms with van der Waals surface area (Å²) < 4.78 is 0. The number of aryl methyl sites for hydroxylation is 3. The van der Waals surface area contributed by atoms with Gasteiger partial charge in [0, 0.05) is 17.1 Å². The second-order valence-electron chi connectivity index (χ2n) is 8.29. The number of benzene rings is 4. The van der Waals surface area contributed by atoms with Gasteiger partial charge < -0.3 is 4.90 Å². The fourth-order valence-corrected chi connectivity index (χ4v) is 3.70. The first-order valence-corrected chi connectivity index (χ1v) is 10.8. The third-order valence-corrected chi connectivity index (χ3v) is 5.63. The largest absolute Gasteiger partial charge is 0.311 e. The van der Waals surface area contributed by atoms with Gasteiger partial charge in [0.2, 0.25) is 0 Å². The van der Waals surface area contributed by atoms with Gasteiger partial charge in [-0.2, -0.15) is 0 Å². The highest BCUT2D eigenvalue weighted by atomic mass is 15.1. The predicted octanol–water partition coefficient (Wildman–Crippen LogP) is 8.64. The van der Waals surface area contributed by atoms with E-state index in [0.717, 1.165) is 17.1 Å². The molecule has 4 rings (SSSR count). The van der Waals surface area contributed by atoms with Crippen molar-refractivity contribution in [3.8, 4) is 0 Å². The van der Waals surface area contributed by atoms with Crippen LogP contribution in [0.15, 0.2) is 97.1 Å². The SMILES string of the molecule is CC(=Cc1ccc(C)cc1)c1ccc(N(c2ccc(C)cc2)c2ccc(C)cc2)cc1. The Labute approximate surface area is 186 Å². The average Bonchev–Trinajstić information content (AvgIpc) is 2.78. The van der Waals surface area contributed by atoms with Gasteiger partial charge in [0.1, 0.15) is 0 Å². The average molecular weight is 404 g/mol. The van der Waals surface area contributed by atoms with Gasteiger partial charge in [-0.05, 0) is 80.8 Å². The fourth-order valence-electron chi connectivity index (χ4n) is 3.70. The Balaban J connectivity index is 1.68. The van der Waals surface area contributed by atoms with E-state index in [4.69, 9.17) is 0 Å². The molecule has 154 valence electrons. The van der Waals surface area contributed by atoms with Crippen LogP contribution in [0.1, 0.15) is 34.7 Å². The topological polar surface area (TPSA) is 3.24 Å². The summed E-state index contributed by atoms with van der Waals surface area (Å²) in [6.07, 6.45) is 2.24. The maximum absolute atomic E-state index is 2.31. The van der Waals surface area contributed by atoms with Gasteiger partial charge >= 0.3 is 0 Å². The van der Waals surface area contributed by atoms with Gasteiger partial charge in [-0.1, -0.05) is 83.4 Å². The molecule has 4 aromatic carbocycles. The molecule has 0 aliphatic carbocycles. The van der Waals surface area contributed by atoms with Crippen molar-refractivity contribution < 1.29 is 0 Å². The number of hydrogen-bond acceptors (Lipinski definition) is 1. The Bertz CT molecular complexity index is 1120. The van der Waals surface area contributed by atoms with Crippen molar-refractivity contribution in [3.63, 3.8) is 0 Å². The standard InChI is InChI=1S/C30H29N/c1-22-5-11-26(12-6-22)21-25(4)27-13-19-30(20-14-27)31(28-15-7-23(2)8-16-28)29-17-9-24(3)10-18-29/h5-21H,1-4H3. The summed E-state index contributed by atoms with van der Waals surface area (Å²) in [7, 11) is 0. The lowest BCUT2D eigenvalue weighted by molar-refractivity contribution is 1.27. The van der Waals surface area contributed by atoms with E-state index in [2.05, 4.69) is 136 Å². The van der Waals surface area contributed by atoms with E-state index in [1.807, 2.05) is 0 Å². The van der Waals surface area contributed by atoms with Crippen LogP contribution >= 0.6 is 0 Å². The van der Waals surface area contributed by atoms with Gasteiger partial charge in [-0.3, -0.25) is 0 Å². The fraction of sp³-hybridized carbons (Fsp3) is 0.133. The molecular weight excluding hydrogens is 374 g/mol. The maximum Gasteiger partial charge on any atom is 0.0462 e. The first-order chi connectivity index (χ1) is 15.0. The summed E-state index contributed by atoms with van der Waals surface area (Å²) in [5.74, 6) is 0. The number of rotatable bonds is 5. The smallest absolute Gasteiger partial charge is 0.0462 e. The van der Waals surface area contributed by atoms with Crippen LogP contribution in [0.3, 0.4) is 0 Å². The highest BCUT2D eigenvalue weighted by Gasteiger charge is 2.12. The molecule has 0 fully saturated rings. The number of nitrogens with zero attached hydrogens (tertiary/aromatic N) is 1. The summed E-state index contributed by atoms with van der Waals surface area (Å²) in [6.45, 7) is 8.54. The Kier molecular flexibility index (Phi) is 6.04. The molecule has 0 saturated heterocycles. The van der Waals surface area contributed by atoms with E-state index >= 15 is 0 Å². The monoisotopic (exact) mass is 403 g/mol. The van der Waals surface area contributed by atoms with Crippen molar-refractivity contribution in [2.75, 3.05) is 4.90 Å². The Morgan fingerprint density at radius 2 is 0.871 bits per heavy atom. The highest BCUT2D eigenvalue weighted by molar-refractivity contribution is 5.82. The van der Waals surface area contributed by atoms with Gasteiger partial charge in [-0.15, -0.1) is 0 Å². The van der Waals surface area contributed by atoms with E-state index in [0.29, 0.717) is 0 Å². The van der Waals surface area contributed by atoms with Crippen LogP contribution in [0.25, 0.3) is 11.6 Å². The summed E-state index contributed by atoms with van der Waals surface area (Å²) in [6, 6.07) is 34.9. The minimum atomic E-state index is 1.15. The van der Waals surface area contributed by atoms with Crippen LogP contribution in [0.4, 0.5) is 17.1 Å². The van der Waals surface area contributed by atoms with Crippen LogP contribution in [-0.4, -0.2) is 0 Å². The molecule has 31 heavy (non-hydrogen) atoms. The lowest BCUT2D eigenvalue weighted by Gasteiger charge is -2.26. The zero-order valence-electron chi connectivity index (χ0n) is 18.8. The third kappa shape index (κ3) is 4.95. The van der Waals surface area contributed by atoms with Crippen LogP contribution in [0.5, 0.6) is 0 Å². The molecule has 0 N–H and O–H groups in total. The van der Waals surface area contributed by atoms with Crippen LogP contribution in [-0.2, 0) is 0 Å². The van der Waals surface area contributed by atoms with Gasteiger partial charge in [0.15, 0.2) is 0 Å². The van der Waals surface area contributed by atoms with Crippen LogP contribution < -0.4 is 4.90 Å². The second kappa shape index (κ2) is 9.06. The van der Waals surface area contributed by atoms with Gasteiger partial charge in [0.25, 0.3) is 0 Å². The van der Waals surface area contributed by atoms with Crippen molar-refractivity contribution in [2.24, 2.45) is 0 Å². The predicted molar refractivity (Wildman–Crippen MR) is 135 cm³/mol. The zero-order valence-corrected chi connectivity index (χ0v) is 18.8. The van der Waals surface area contributed by atoms with Crippen LogP contribution in [0, 0.1) is 20.8 Å². The van der Waals surface area contributed by atoms with Crippen molar-refractivity contribution in [1.82, 2.24) is 0 Å². The second-order valence-corrected chi connectivity index (χ2v) is 8.29. The zero-order chi connectivity index (χ0) is 21.8. The van der Waals surface area contributed by atoms with Gasteiger partial charge in [-0.25, -0.2) is 0 Å². The molecule has 0 spiro atoms. The first-order valence-electron chi connectivity index (χ1n) is 10.8. The molecule has 0 saturated carbocycles. The Hall–Kier alpha value is -3.58. The molecule has 0 aromatic heterocycles. The van der Waals surface area contributed by atoms with E-state index in [9.17, 15) is 0 Å². The first kappa shape index (κ1) is 20.7. The van der Waals surface area contributed by atoms with Gasteiger partial charge in [0.05, 0.1) is 0 Å². The van der Waals surface area contributed by atoms with Crippen molar-refractivity contribution >= 4 is 28.7 Å². The van der Waals surface area contributed by atoms with Crippen LogP contribution in [0.2, 0.25) is 0 Å². The van der Waals surface area contributed by atoms with E-state index in [1.54, 1.807) is 0 Å². The lowest BCUT2D eigenvalue weighted by Crippen LogP contribution is -2.09. The van der Waals surface area contributed by atoms with Crippen molar-refractivity contribution in [1.29, 1.82) is 0 Å². The molecule has 1 nitrogen and oxygen atoms in total. The summed E-state index contributed by atoms with van der Waals surface area (Å²) in [5, 5.41) is 0. The summed E-state index contributed by atoms with van der Waals surface area (Å²) in [5.41, 5.74) is 11.0. The number of anilines is 3. The Morgan fingerprint density at radius 1 is 0.516 bits per heavy atom. The molecule has 0 aliphatic heterocycles. The molecule has 4 aromatic rings. The maximum atomic E-state index is 2.31. The molecule has 0 radical (unpaired) electrons. The van der Waals surface area contributed by atoms with E-state index in [-0.39, 0.29) is 0 Å². The lowest BCUT2D eigenvalue weighted by atomic mass is 10.0. The summed E-state index contributed by atoms with van der Waals surface area (Å²) in [4.78, 5) is 2.31. The Morgan fingerprint density at radius 3 is 1.29 bits per heavy atom. The molecule has 0 bridgehead atoms. The number of hydrogen-bond donors (Lipinski definition) is 0. The third-order valence-electron chi connectivity index (χ3n) is 5.63. The quantitative estimate of drug-likeness (QED) is 0.301. The van der Waals surface area contributed by atoms with E-state index < -0.39 is 0 Å². The number of allylic oxidation sites excluding steroid dienone is 1. The van der Waals surface area contributed by atoms with Crippen molar-refractivity contribution in [2.45, 2.75) is 27.7 Å². The van der Waals surface area contributed by atoms with E-state index in [1.165, 1.54) is 33.4 Å².